The third-order valence-corrected chi connectivity index (χ3v) is 11.1. The molecule has 55 heavy (non-hydrogen) atoms. The van der Waals surface area contributed by atoms with Gasteiger partial charge in [0, 0.05) is 39.3 Å². The van der Waals surface area contributed by atoms with Crippen molar-refractivity contribution in [1.82, 2.24) is 15.0 Å². The van der Waals surface area contributed by atoms with E-state index in [4.69, 9.17) is 19.4 Å². The highest BCUT2D eigenvalue weighted by molar-refractivity contribution is 6.13. The van der Waals surface area contributed by atoms with Gasteiger partial charge in [0.1, 0.15) is 11.2 Å². The third-order valence-electron chi connectivity index (χ3n) is 11.1. The zero-order chi connectivity index (χ0) is 36.3. The maximum atomic E-state index is 6.30. The van der Waals surface area contributed by atoms with Crippen molar-refractivity contribution in [3.63, 3.8) is 0 Å². The molecule has 2 unspecified atom stereocenters. The Balaban J connectivity index is 1.06. The molecule has 4 nitrogen and oxygen atoms in total. The Labute approximate surface area is 318 Å². The number of furan rings is 1. The average molecular weight is 704 g/mol. The molecule has 11 rings (SSSR count). The van der Waals surface area contributed by atoms with Crippen LogP contribution >= 0.6 is 0 Å². The standard InChI is InChI=1S/C51H33N3O/c1-2-12-36-30-37(26-22-32(36)10-1)33-20-24-35(25-21-33)49-52-50(39-28-29-41-38(31-39)27-23-34-11-3-4-13-40(34)41)54-51(53-49)44-15-6-5-14-42(44)43-17-9-19-47-48(43)45-16-7-8-18-46(45)55-47/h1-31,38,41H. The van der Waals surface area contributed by atoms with Crippen LogP contribution < -0.4 is 0 Å². The number of nitrogens with zero attached hydrogens (tertiary/aromatic N) is 3. The summed E-state index contributed by atoms with van der Waals surface area (Å²) in [5.74, 6) is 2.40. The van der Waals surface area contributed by atoms with Crippen molar-refractivity contribution in [2.24, 2.45) is 5.92 Å². The normalized spacial score (nSPS) is 16.0. The lowest BCUT2D eigenvalue weighted by atomic mass is 9.76. The predicted octanol–water partition coefficient (Wildman–Crippen LogP) is 13.0. The molecule has 0 bridgehead atoms. The fraction of sp³-hybridized carbons (Fsp3) is 0.0392. The van der Waals surface area contributed by atoms with Crippen LogP contribution in [0, 0.1) is 5.92 Å². The molecule has 2 heterocycles. The fourth-order valence-corrected chi connectivity index (χ4v) is 8.37. The Morgan fingerprint density at radius 2 is 1.15 bits per heavy atom. The van der Waals surface area contributed by atoms with Gasteiger partial charge in [0.05, 0.1) is 0 Å². The van der Waals surface area contributed by atoms with E-state index in [1.165, 1.54) is 27.5 Å². The minimum atomic E-state index is 0.207. The zero-order valence-electron chi connectivity index (χ0n) is 29.8. The molecular weight excluding hydrogens is 671 g/mol. The summed E-state index contributed by atoms with van der Waals surface area (Å²) in [4.78, 5) is 15.7. The van der Waals surface area contributed by atoms with Gasteiger partial charge in [-0.15, -0.1) is 0 Å². The molecule has 0 N–H and O–H groups in total. The largest absolute Gasteiger partial charge is 0.456 e. The first kappa shape index (κ1) is 31.4. The van der Waals surface area contributed by atoms with E-state index in [2.05, 4.69) is 170 Å². The Bertz CT molecular complexity index is 3060. The van der Waals surface area contributed by atoms with Crippen LogP contribution in [0.2, 0.25) is 0 Å². The smallest absolute Gasteiger partial charge is 0.164 e. The number of fused-ring (bicyclic) bond motifs is 7. The second-order valence-corrected chi connectivity index (χ2v) is 14.3. The summed E-state index contributed by atoms with van der Waals surface area (Å²) in [5.41, 5.74) is 11.6. The van der Waals surface area contributed by atoms with Gasteiger partial charge in [0.25, 0.3) is 0 Å². The van der Waals surface area contributed by atoms with Crippen molar-refractivity contribution in [3.05, 3.63) is 199 Å². The SMILES string of the molecule is C1=CC2c3ccccc3C=CC2C=C1c1nc(-c2ccc(-c3ccc4ccccc4c3)cc2)nc(-c2ccccc2-c2cccc3oc4ccccc4c23)n1. The van der Waals surface area contributed by atoms with Gasteiger partial charge in [-0.1, -0.05) is 170 Å². The number of hydrogen-bond acceptors (Lipinski definition) is 4. The van der Waals surface area contributed by atoms with E-state index < -0.39 is 0 Å². The Kier molecular flexibility index (Phi) is 7.27. The zero-order valence-corrected chi connectivity index (χ0v) is 29.8. The molecule has 4 heteroatoms. The lowest BCUT2D eigenvalue weighted by Crippen LogP contribution is -2.15. The quantitative estimate of drug-likeness (QED) is 0.179. The van der Waals surface area contributed by atoms with Gasteiger partial charge in [0.15, 0.2) is 17.5 Å². The lowest BCUT2D eigenvalue weighted by molar-refractivity contribution is 0.669. The molecule has 2 aliphatic rings. The summed E-state index contributed by atoms with van der Waals surface area (Å²) >= 11 is 0. The number of benzene rings is 7. The number of para-hydroxylation sites is 1. The molecule has 0 amide bonds. The van der Waals surface area contributed by atoms with Gasteiger partial charge in [-0.2, -0.15) is 0 Å². The highest BCUT2D eigenvalue weighted by Gasteiger charge is 2.27. The van der Waals surface area contributed by atoms with Gasteiger partial charge in [0.2, 0.25) is 0 Å². The summed E-state index contributed by atoms with van der Waals surface area (Å²) in [6.45, 7) is 0. The monoisotopic (exact) mass is 703 g/mol. The Hall–Kier alpha value is -7.17. The Morgan fingerprint density at radius 3 is 2.07 bits per heavy atom. The van der Waals surface area contributed by atoms with Crippen LogP contribution in [0.4, 0.5) is 0 Å². The van der Waals surface area contributed by atoms with E-state index in [0.717, 1.165) is 55.3 Å². The topological polar surface area (TPSA) is 51.8 Å². The van der Waals surface area contributed by atoms with Crippen molar-refractivity contribution in [2.45, 2.75) is 5.92 Å². The van der Waals surface area contributed by atoms with Crippen molar-refractivity contribution in [1.29, 1.82) is 0 Å². The van der Waals surface area contributed by atoms with Gasteiger partial charge in [-0.05, 0) is 62.4 Å². The molecule has 0 fully saturated rings. The molecule has 258 valence electrons. The van der Waals surface area contributed by atoms with Crippen molar-refractivity contribution < 1.29 is 4.42 Å². The van der Waals surface area contributed by atoms with Gasteiger partial charge in [-0.3, -0.25) is 0 Å². The summed E-state index contributed by atoms with van der Waals surface area (Å²) in [7, 11) is 0. The van der Waals surface area contributed by atoms with E-state index >= 15 is 0 Å². The minimum Gasteiger partial charge on any atom is -0.456 e. The number of hydrogen-bond donors (Lipinski definition) is 0. The van der Waals surface area contributed by atoms with Crippen molar-refractivity contribution in [3.8, 4) is 45.0 Å². The second-order valence-electron chi connectivity index (χ2n) is 14.3. The molecule has 0 saturated heterocycles. The highest BCUT2D eigenvalue weighted by Crippen LogP contribution is 2.42. The Morgan fingerprint density at radius 1 is 0.455 bits per heavy atom. The maximum Gasteiger partial charge on any atom is 0.164 e. The highest BCUT2D eigenvalue weighted by atomic mass is 16.3. The summed E-state index contributed by atoms with van der Waals surface area (Å²) in [6, 6.07) is 55.2. The summed E-state index contributed by atoms with van der Waals surface area (Å²) in [6.07, 6.45) is 11.3. The number of aromatic nitrogens is 3. The van der Waals surface area contributed by atoms with Crippen LogP contribution in [0.1, 0.15) is 22.9 Å². The maximum absolute atomic E-state index is 6.30. The van der Waals surface area contributed by atoms with E-state index in [9.17, 15) is 0 Å². The predicted molar refractivity (Wildman–Crippen MR) is 225 cm³/mol. The second kappa shape index (κ2) is 12.8. The molecule has 9 aromatic rings. The molecule has 2 aromatic heterocycles. The minimum absolute atomic E-state index is 0.207. The van der Waals surface area contributed by atoms with E-state index in [-0.39, 0.29) is 11.8 Å². The van der Waals surface area contributed by atoms with E-state index in [1.54, 1.807) is 0 Å². The van der Waals surface area contributed by atoms with Gasteiger partial charge >= 0.3 is 0 Å². The number of allylic oxidation sites excluding steroid dienone is 5. The third kappa shape index (κ3) is 5.42. The molecule has 0 radical (unpaired) electrons. The molecule has 0 aliphatic heterocycles. The van der Waals surface area contributed by atoms with Crippen molar-refractivity contribution >= 4 is 44.4 Å². The van der Waals surface area contributed by atoms with E-state index in [1.807, 2.05) is 18.2 Å². The van der Waals surface area contributed by atoms with Crippen molar-refractivity contribution in [2.75, 3.05) is 0 Å². The van der Waals surface area contributed by atoms with Crippen LogP contribution in [0.3, 0.4) is 0 Å². The van der Waals surface area contributed by atoms with Crippen LogP contribution in [0.5, 0.6) is 0 Å². The number of rotatable bonds is 5. The lowest BCUT2D eigenvalue weighted by Gasteiger charge is -2.28. The summed E-state index contributed by atoms with van der Waals surface area (Å²) in [5, 5.41) is 4.62. The molecule has 2 atom stereocenters. The molecule has 7 aromatic carbocycles. The molecule has 0 spiro atoms. The fourth-order valence-electron chi connectivity index (χ4n) is 8.37. The first-order valence-electron chi connectivity index (χ1n) is 18.8. The molecular formula is C51H33N3O. The first-order chi connectivity index (χ1) is 27.2. The van der Waals surface area contributed by atoms with E-state index in [0.29, 0.717) is 17.5 Å². The molecule has 2 aliphatic carbocycles. The summed E-state index contributed by atoms with van der Waals surface area (Å²) < 4.78 is 6.30. The average Bonchev–Trinajstić information content (AvgIpc) is 3.65. The van der Waals surface area contributed by atoms with Crippen LogP contribution in [0.15, 0.2) is 186 Å². The first-order valence-corrected chi connectivity index (χ1v) is 18.8. The van der Waals surface area contributed by atoms with Crippen LogP contribution in [0.25, 0.3) is 89.4 Å². The van der Waals surface area contributed by atoms with Crippen LogP contribution in [-0.4, -0.2) is 15.0 Å². The molecule has 0 saturated carbocycles. The van der Waals surface area contributed by atoms with Gasteiger partial charge in [-0.25, -0.2) is 15.0 Å². The van der Waals surface area contributed by atoms with Gasteiger partial charge < -0.3 is 4.42 Å². The van der Waals surface area contributed by atoms with Crippen LogP contribution in [-0.2, 0) is 0 Å².